The topological polar surface area (TPSA) is 38.4 Å². The number of azo groups is 1. The van der Waals surface area contributed by atoms with Gasteiger partial charge in [-0.2, -0.15) is 0 Å². The van der Waals surface area contributed by atoms with Gasteiger partial charge in [0.1, 0.15) is 0 Å². The molecule has 0 spiro atoms. The Bertz CT molecular complexity index is 166. The van der Waals surface area contributed by atoms with Crippen molar-refractivity contribution < 1.29 is 31.2 Å². The van der Waals surface area contributed by atoms with Crippen molar-refractivity contribution in [1.82, 2.24) is 0 Å². The van der Waals surface area contributed by atoms with Crippen molar-refractivity contribution in [2.24, 2.45) is 5.11 Å². The summed E-state index contributed by atoms with van der Waals surface area (Å²) < 4.78 is 65.8. The van der Waals surface area contributed by atoms with Crippen LogP contribution in [0.15, 0.2) is 5.11 Å². The Morgan fingerprint density at radius 2 is 1.36 bits per heavy atom. The summed E-state index contributed by atoms with van der Waals surface area (Å²) in [5.74, 6) is 0. The zero-order valence-electron chi connectivity index (χ0n) is 4.57. The quantitative estimate of drug-likeness (QED) is 0.185. The number of hydrogen-bond donors (Lipinski definition) is 0. The monoisotopic (exact) mass is 182 g/mol. The highest BCUT2D eigenvalue weighted by atomic mass is 19.4. The Morgan fingerprint density at radius 3 is 1.45 bits per heavy atom. The second kappa shape index (κ2) is 2.55. The summed E-state index contributed by atoms with van der Waals surface area (Å²) in [4.78, 5) is -2.35. The van der Waals surface area contributed by atoms with E-state index in [-0.39, 0.29) is 0 Å². The van der Waals surface area contributed by atoms with Gasteiger partial charge in [-0.15, -0.1) is 26.3 Å². The summed E-state index contributed by atoms with van der Waals surface area (Å²) in [7, 11) is 0. The molecule has 0 aromatic carbocycles. The lowest BCUT2D eigenvalue weighted by Crippen LogP contribution is -2.24. The fraction of sp³-hybridized carbons (Fsp3) is 1.00. The summed E-state index contributed by atoms with van der Waals surface area (Å²) in [5.41, 5.74) is 0. The Kier molecular flexibility index (Phi) is 2.31. The number of halogens is 6. The summed E-state index contributed by atoms with van der Waals surface area (Å²) >= 11 is 0. The molecule has 0 bridgehead atoms. The van der Waals surface area contributed by atoms with E-state index in [1.165, 1.54) is 0 Å². The Morgan fingerprint density at radius 1 is 1.00 bits per heavy atom. The summed E-state index contributed by atoms with van der Waals surface area (Å²) in [6, 6.07) is 0. The van der Waals surface area contributed by atoms with Gasteiger partial charge in [0.2, 0.25) is 0 Å². The van der Waals surface area contributed by atoms with Crippen LogP contribution in [0, 0.1) is 5.21 Å². The molecular formula is C2F6N2O. The molecular weight excluding hydrogens is 182 g/mol. The molecule has 0 fully saturated rings. The predicted octanol–water partition coefficient (Wildman–Crippen LogP) is 1.99. The Hall–Kier alpha value is -1.02. The fourth-order valence-corrected chi connectivity index (χ4v) is 0.160. The fourth-order valence-electron chi connectivity index (χ4n) is 0.160. The third kappa shape index (κ3) is 4.39. The molecule has 0 aromatic rings. The van der Waals surface area contributed by atoms with Crippen LogP contribution in [0.2, 0.25) is 0 Å². The van der Waals surface area contributed by atoms with Gasteiger partial charge < -0.3 is 5.21 Å². The van der Waals surface area contributed by atoms with Gasteiger partial charge in [-0.1, -0.05) is 0 Å². The lowest BCUT2D eigenvalue weighted by Gasteiger charge is -2.02. The molecule has 0 amide bonds. The number of hydroxylamine groups is 1. The third-order valence-electron chi connectivity index (χ3n) is 0.421. The van der Waals surface area contributed by atoms with Crippen LogP contribution >= 0.6 is 0 Å². The van der Waals surface area contributed by atoms with Crippen molar-refractivity contribution in [1.29, 1.82) is 0 Å². The minimum atomic E-state index is -5.64. The first-order chi connectivity index (χ1) is 4.63. The van der Waals surface area contributed by atoms with Gasteiger partial charge in [0.15, 0.2) is 0 Å². The van der Waals surface area contributed by atoms with Crippen molar-refractivity contribution >= 4 is 0 Å². The lowest BCUT2D eigenvalue weighted by molar-refractivity contribution is -0.724. The molecule has 0 aliphatic heterocycles. The van der Waals surface area contributed by atoms with Crippen LogP contribution in [0.25, 0.3) is 0 Å². The predicted molar refractivity (Wildman–Crippen MR) is 18.2 cm³/mol. The van der Waals surface area contributed by atoms with E-state index in [9.17, 15) is 31.5 Å². The standard InChI is InChI=1S/C2F6N2O/c3-1(4,5)9-10(11)2(6,7)8/b10-9+. The maximum Gasteiger partial charge on any atom is 0.668 e. The highest BCUT2D eigenvalue weighted by Gasteiger charge is 2.46. The highest BCUT2D eigenvalue weighted by molar-refractivity contribution is 4.32. The molecule has 3 nitrogen and oxygen atoms in total. The maximum absolute atomic E-state index is 11.0. The average Bonchev–Trinajstić information content (AvgIpc) is 1.56. The molecule has 9 heteroatoms. The maximum atomic E-state index is 11.0. The molecule has 0 atom stereocenters. The second-order valence-electron chi connectivity index (χ2n) is 1.31. The average molecular weight is 182 g/mol. The number of rotatable bonds is 0. The summed E-state index contributed by atoms with van der Waals surface area (Å²) in [6.07, 6.45) is -11.1. The van der Waals surface area contributed by atoms with Crippen LogP contribution in [-0.4, -0.2) is 17.5 Å². The van der Waals surface area contributed by atoms with E-state index in [2.05, 4.69) is 0 Å². The molecule has 0 heterocycles. The number of hydrogen-bond acceptors (Lipinski definition) is 2. The molecule has 0 aliphatic carbocycles. The minimum absolute atomic E-state index is 0.833. The van der Waals surface area contributed by atoms with Crippen LogP contribution in [0.1, 0.15) is 0 Å². The smallest absolute Gasteiger partial charge is 0.593 e. The van der Waals surface area contributed by atoms with E-state index in [0.717, 1.165) is 5.11 Å². The molecule has 0 aliphatic rings. The molecule has 0 rings (SSSR count). The van der Waals surface area contributed by atoms with E-state index in [1.54, 1.807) is 0 Å². The molecule has 66 valence electrons. The largest absolute Gasteiger partial charge is 0.668 e. The highest BCUT2D eigenvalue weighted by Crippen LogP contribution is 2.22. The van der Waals surface area contributed by atoms with E-state index in [1.807, 2.05) is 0 Å². The van der Waals surface area contributed by atoms with Crippen LogP contribution < -0.4 is 0 Å². The molecule has 0 saturated carbocycles. The molecule has 0 saturated heterocycles. The van der Waals surface area contributed by atoms with E-state index < -0.39 is 17.5 Å². The Labute approximate surface area is 55.5 Å². The number of nitrogens with zero attached hydrogens (tertiary/aromatic N) is 2. The van der Waals surface area contributed by atoms with Crippen molar-refractivity contribution in [3.63, 3.8) is 0 Å². The molecule has 0 N–H and O–H groups in total. The van der Waals surface area contributed by atoms with E-state index >= 15 is 0 Å². The zero-order valence-corrected chi connectivity index (χ0v) is 4.57. The van der Waals surface area contributed by atoms with Crippen molar-refractivity contribution in [2.45, 2.75) is 12.6 Å². The second-order valence-corrected chi connectivity index (χ2v) is 1.31. The molecule has 0 unspecified atom stereocenters. The number of alkyl halides is 6. The van der Waals surface area contributed by atoms with Crippen LogP contribution in [-0.2, 0) is 0 Å². The first-order valence-corrected chi connectivity index (χ1v) is 1.96. The first kappa shape index (κ1) is 9.98. The third-order valence-corrected chi connectivity index (χ3v) is 0.421. The van der Waals surface area contributed by atoms with Gasteiger partial charge in [-0.3, -0.25) is 0 Å². The van der Waals surface area contributed by atoms with Gasteiger partial charge in [0.05, 0.1) is 5.11 Å². The molecule has 11 heavy (non-hydrogen) atoms. The Balaban J connectivity index is 4.49. The zero-order chi connectivity index (χ0) is 9.28. The van der Waals surface area contributed by atoms with Crippen LogP contribution in [0.3, 0.4) is 0 Å². The van der Waals surface area contributed by atoms with Gasteiger partial charge in [-0.05, 0) is 0 Å². The van der Waals surface area contributed by atoms with Crippen molar-refractivity contribution in [3.8, 4) is 0 Å². The SMILES string of the molecule is [O-]/[N+](=N/C(F)(F)F)C(F)(F)F. The first-order valence-electron chi connectivity index (χ1n) is 1.96. The molecule has 0 radical (unpaired) electrons. The van der Waals surface area contributed by atoms with Gasteiger partial charge in [0.25, 0.3) is 0 Å². The van der Waals surface area contributed by atoms with E-state index in [4.69, 9.17) is 0 Å². The van der Waals surface area contributed by atoms with Crippen molar-refractivity contribution in [2.75, 3.05) is 0 Å². The van der Waals surface area contributed by atoms with E-state index in [0.29, 0.717) is 0 Å². The van der Waals surface area contributed by atoms with Crippen LogP contribution in [0.5, 0.6) is 0 Å². The lowest BCUT2D eigenvalue weighted by atomic mass is 11.1. The minimum Gasteiger partial charge on any atom is -0.593 e. The van der Waals surface area contributed by atoms with Gasteiger partial charge in [-0.25, -0.2) is 0 Å². The summed E-state index contributed by atoms with van der Waals surface area (Å²) in [6.45, 7) is 0. The van der Waals surface area contributed by atoms with Gasteiger partial charge >= 0.3 is 12.6 Å². The summed E-state index contributed by atoms with van der Waals surface area (Å²) in [5, 5.41) is 10.2. The van der Waals surface area contributed by atoms with Crippen molar-refractivity contribution in [3.05, 3.63) is 5.21 Å². The molecule has 0 aromatic heterocycles. The van der Waals surface area contributed by atoms with Crippen LogP contribution in [0.4, 0.5) is 26.3 Å². The normalized spacial score (nSPS) is 15.3. The van der Waals surface area contributed by atoms with Gasteiger partial charge in [0, 0.05) is 4.86 Å².